The van der Waals surface area contributed by atoms with Crippen LogP contribution in [0.4, 0.5) is 0 Å². The van der Waals surface area contributed by atoms with Crippen molar-refractivity contribution in [3.8, 4) is 0 Å². The topological polar surface area (TPSA) is 279 Å². The molecule has 0 aliphatic carbocycles. The second-order valence-corrected chi connectivity index (χ2v) is 10.9. The van der Waals surface area contributed by atoms with Gasteiger partial charge in [0.1, 0.15) is 18.0 Å². The number of nitrogens with two attached hydrogens (primary N) is 1. The summed E-state index contributed by atoms with van der Waals surface area (Å²) in [6.45, 7) is 0.614. The predicted octanol–water partition coefficient (Wildman–Crippen LogP) is -1.64. The zero-order chi connectivity index (χ0) is 24.1. The molecule has 1 aliphatic heterocycles. The van der Waals surface area contributed by atoms with E-state index in [0.717, 1.165) is 0 Å². The van der Waals surface area contributed by atoms with Crippen LogP contribution >= 0.6 is 23.5 Å². The van der Waals surface area contributed by atoms with Crippen molar-refractivity contribution in [2.75, 3.05) is 6.61 Å². The summed E-state index contributed by atoms with van der Waals surface area (Å²) in [4.78, 5) is 58.2. The number of phosphoric ester groups is 1. The van der Waals surface area contributed by atoms with E-state index < -0.39 is 60.1 Å². The van der Waals surface area contributed by atoms with E-state index in [1.165, 1.54) is 17.8 Å². The number of fused-ring (bicyclic) bond motifs is 1. The average Bonchev–Trinajstić information content (AvgIpc) is 3.12. The van der Waals surface area contributed by atoms with Crippen molar-refractivity contribution < 1.29 is 56.3 Å². The minimum absolute atomic E-state index is 0.0300. The van der Waals surface area contributed by atoms with E-state index in [2.05, 4.69) is 28.1 Å². The van der Waals surface area contributed by atoms with E-state index in [4.69, 9.17) is 25.2 Å². The molecule has 0 aromatic carbocycles. The molecular formula is C11H18N5O13P3. The zero-order valence-electron chi connectivity index (χ0n) is 15.9. The van der Waals surface area contributed by atoms with Crippen molar-refractivity contribution in [1.29, 1.82) is 0 Å². The Morgan fingerprint density at radius 1 is 1.22 bits per heavy atom. The van der Waals surface area contributed by atoms with E-state index in [-0.39, 0.29) is 17.0 Å². The molecule has 0 amide bonds. The van der Waals surface area contributed by atoms with Crippen molar-refractivity contribution in [2.45, 2.75) is 31.4 Å². The van der Waals surface area contributed by atoms with Gasteiger partial charge in [-0.1, -0.05) is 0 Å². The monoisotopic (exact) mass is 521 g/mol. The lowest BCUT2D eigenvalue weighted by Crippen LogP contribution is -2.40. The van der Waals surface area contributed by atoms with Crippen LogP contribution in [0.1, 0.15) is 12.1 Å². The molecule has 0 bridgehead atoms. The number of aryl methyl sites for hydroxylation is 1. The quantitative estimate of drug-likeness (QED) is 0.192. The molecule has 18 nitrogen and oxygen atoms in total. The third-order valence-corrected chi connectivity index (χ3v) is 7.86. The summed E-state index contributed by atoms with van der Waals surface area (Å²) in [6.07, 6.45) is -2.82. The largest absolute Gasteiger partial charge is 0.490 e. The standard InChI is InChI=1S/C11H18N5O13P3/c1-4-14-9-7(10(18)15-4)13-3-16(9)11-6(12)8(17)5(27-11)2-26-31(22,23)29-32(24,25)28-30(19,20)21/h3,5-6,8,11,17H,2,12H2,1H3,(H,22,23)(H,24,25)(H,14,15,18)(H2,19,20,21)/t5-,6?,8+,11-/m1/s1. The first kappa shape index (κ1) is 25.3. The zero-order valence-corrected chi connectivity index (χ0v) is 18.5. The number of nitrogens with zero attached hydrogens (tertiary/aromatic N) is 3. The Kier molecular flexibility index (Phi) is 6.93. The van der Waals surface area contributed by atoms with Gasteiger partial charge in [-0.2, -0.15) is 8.62 Å². The Morgan fingerprint density at radius 3 is 2.50 bits per heavy atom. The van der Waals surface area contributed by atoms with Gasteiger partial charge in [-0.15, -0.1) is 0 Å². The molecule has 3 unspecified atom stereocenters. The van der Waals surface area contributed by atoms with Gasteiger partial charge in [0.05, 0.1) is 19.0 Å². The highest BCUT2D eigenvalue weighted by atomic mass is 31.3. The predicted molar refractivity (Wildman–Crippen MR) is 101 cm³/mol. The van der Waals surface area contributed by atoms with Gasteiger partial charge in [0.15, 0.2) is 17.4 Å². The summed E-state index contributed by atoms with van der Waals surface area (Å²) in [7, 11) is -16.7. The first-order valence-corrected chi connectivity index (χ1v) is 12.9. The van der Waals surface area contributed by atoms with E-state index in [1.54, 1.807) is 0 Å². The summed E-state index contributed by atoms with van der Waals surface area (Å²) in [5, 5.41) is 10.3. The van der Waals surface area contributed by atoms with Crippen LogP contribution in [-0.4, -0.2) is 69.1 Å². The number of rotatable bonds is 8. The van der Waals surface area contributed by atoms with Crippen LogP contribution in [0, 0.1) is 6.92 Å². The fraction of sp³-hybridized carbons (Fsp3) is 0.545. The number of ether oxygens (including phenoxy) is 1. The Hall–Kier alpha value is -1.36. The third-order valence-electron chi connectivity index (χ3n) is 4.06. The number of H-pyrrole nitrogens is 1. The fourth-order valence-corrected chi connectivity index (χ4v) is 5.88. The second-order valence-electron chi connectivity index (χ2n) is 6.50. The van der Waals surface area contributed by atoms with Crippen LogP contribution in [0.2, 0.25) is 0 Å². The minimum atomic E-state index is -5.70. The number of imidazole rings is 1. The Morgan fingerprint density at radius 2 is 1.88 bits per heavy atom. The summed E-state index contributed by atoms with van der Waals surface area (Å²) in [5.74, 6) is 0.264. The van der Waals surface area contributed by atoms with Gasteiger partial charge in [-0.25, -0.2) is 23.7 Å². The van der Waals surface area contributed by atoms with Crippen LogP contribution < -0.4 is 11.3 Å². The highest BCUT2D eigenvalue weighted by Gasteiger charge is 2.46. The molecule has 2 aromatic rings. The molecule has 32 heavy (non-hydrogen) atoms. The maximum absolute atomic E-state index is 12.0. The van der Waals surface area contributed by atoms with Gasteiger partial charge in [-0.3, -0.25) is 13.9 Å². The molecule has 2 aromatic heterocycles. The molecule has 1 aliphatic rings. The van der Waals surface area contributed by atoms with Crippen molar-refractivity contribution in [3.63, 3.8) is 0 Å². The number of aliphatic hydroxyl groups is 1. The van der Waals surface area contributed by atoms with Gasteiger partial charge >= 0.3 is 23.5 Å². The molecule has 1 fully saturated rings. The van der Waals surface area contributed by atoms with E-state index in [0.29, 0.717) is 0 Å². The molecule has 180 valence electrons. The molecule has 21 heteroatoms. The number of aromatic nitrogens is 4. The Balaban J connectivity index is 1.72. The summed E-state index contributed by atoms with van der Waals surface area (Å²) in [6, 6.07) is -1.15. The molecular weight excluding hydrogens is 503 g/mol. The second kappa shape index (κ2) is 8.77. The van der Waals surface area contributed by atoms with Gasteiger partial charge in [0, 0.05) is 0 Å². The Labute approximate surface area is 177 Å². The van der Waals surface area contributed by atoms with Gasteiger partial charge in [0.25, 0.3) is 5.56 Å². The smallest absolute Gasteiger partial charge is 0.389 e. The number of phosphoric acid groups is 3. The summed E-state index contributed by atoms with van der Waals surface area (Å²) in [5.41, 5.74) is 5.47. The van der Waals surface area contributed by atoms with Crippen molar-refractivity contribution >= 4 is 34.6 Å². The number of nitrogens with one attached hydrogen (secondary N) is 1. The molecule has 3 heterocycles. The van der Waals surface area contributed by atoms with Crippen molar-refractivity contribution in [2.24, 2.45) is 5.73 Å². The van der Waals surface area contributed by atoms with E-state index >= 15 is 0 Å². The number of aromatic amines is 1. The van der Waals surface area contributed by atoms with Crippen LogP contribution in [0.5, 0.6) is 0 Å². The highest BCUT2D eigenvalue weighted by Crippen LogP contribution is 2.66. The molecule has 1 saturated heterocycles. The normalized spacial score (nSPS) is 28.0. The number of hydrogen-bond acceptors (Lipinski definition) is 12. The number of hydrogen-bond donors (Lipinski definition) is 7. The SMILES string of the molecule is Cc1nc2c(ncn2[C@@H]2O[C@H](COP(=O)(O)OP(=O)(O)OP(=O)(O)O)[C@H](O)C2N)c(=O)[nH]1. The molecule has 0 saturated carbocycles. The third kappa shape index (κ3) is 5.76. The Bertz CT molecular complexity index is 1210. The first-order chi connectivity index (χ1) is 14.6. The number of aliphatic hydroxyl groups excluding tert-OH is 1. The maximum Gasteiger partial charge on any atom is 0.490 e. The first-order valence-electron chi connectivity index (χ1n) is 8.39. The molecule has 0 radical (unpaired) electrons. The van der Waals surface area contributed by atoms with Crippen LogP contribution in [0.3, 0.4) is 0 Å². The van der Waals surface area contributed by atoms with Crippen molar-refractivity contribution in [1.82, 2.24) is 19.5 Å². The van der Waals surface area contributed by atoms with E-state index in [9.17, 15) is 28.5 Å². The summed E-state index contributed by atoms with van der Waals surface area (Å²) >= 11 is 0. The van der Waals surface area contributed by atoms with Gasteiger partial charge in [0.2, 0.25) is 0 Å². The van der Waals surface area contributed by atoms with Crippen LogP contribution in [-0.2, 0) is 31.6 Å². The average molecular weight is 521 g/mol. The highest BCUT2D eigenvalue weighted by molar-refractivity contribution is 7.66. The minimum Gasteiger partial charge on any atom is -0.389 e. The molecule has 6 atom stereocenters. The van der Waals surface area contributed by atoms with E-state index in [1.807, 2.05) is 0 Å². The molecule has 0 spiro atoms. The fourth-order valence-electron chi connectivity index (χ4n) is 2.85. The summed E-state index contributed by atoms with van der Waals surface area (Å²) < 4.78 is 52.2. The van der Waals surface area contributed by atoms with Crippen molar-refractivity contribution in [3.05, 3.63) is 22.5 Å². The maximum atomic E-state index is 12.0. The molecule has 3 rings (SSSR count). The lowest BCUT2D eigenvalue weighted by atomic mass is 10.1. The lowest BCUT2D eigenvalue weighted by molar-refractivity contribution is -0.0428. The van der Waals surface area contributed by atoms with Crippen LogP contribution in [0.25, 0.3) is 11.2 Å². The van der Waals surface area contributed by atoms with Gasteiger partial charge in [-0.05, 0) is 6.92 Å². The lowest BCUT2D eigenvalue weighted by Gasteiger charge is -2.19. The van der Waals surface area contributed by atoms with Crippen LogP contribution in [0.15, 0.2) is 11.1 Å². The van der Waals surface area contributed by atoms with Gasteiger partial charge < -0.3 is 40.1 Å². The molecule has 8 N–H and O–H groups in total.